The summed E-state index contributed by atoms with van der Waals surface area (Å²) in [5.74, 6) is -0.952. The number of thiazole rings is 1. The molecule has 3 heterocycles. The minimum Gasteiger partial charge on any atom is -0.309 e. The van der Waals surface area contributed by atoms with Crippen molar-refractivity contribution in [2.45, 2.75) is 19.4 Å². The summed E-state index contributed by atoms with van der Waals surface area (Å²) in [6, 6.07) is 6.03. The first-order chi connectivity index (χ1) is 15.0. The van der Waals surface area contributed by atoms with E-state index < -0.39 is 11.7 Å². The summed E-state index contributed by atoms with van der Waals surface area (Å²) in [5, 5.41) is 12.0. The molecule has 3 aromatic rings. The number of H-pyrrole nitrogens is 1. The van der Waals surface area contributed by atoms with Crippen LogP contribution in [0.3, 0.4) is 0 Å². The van der Waals surface area contributed by atoms with E-state index in [1.54, 1.807) is 18.2 Å². The third-order valence-electron chi connectivity index (χ3n) is 4.91. The third kappa shape index (κ3) is 4.47. The monoisotopic (exact) mass is 458 g/mol. The van der Waals surface area contributed by atoms with Crippen LogP contribution < -0.4 is 10.2 Å². The summed E-state index contributed by atoms with van der Waals surface area (Å²) in [4.78, 5) is 30.7. The predicted molar refractivity (Wildman–Crippen MR) is 118 cm³/mol. The van der Waals surface area contributed by atoms with Gasteiger partial charge >= 0.3 is 0 Å². The summed E-state index contributed by atoms with van der Waals surface area (Å²) in [6.07, 6.45) is 2.19. The van der Waals surface area contributed by atoms with Gasteiger partial charge in [0, 0.05) is 24.9 Å². The number of aromatic nitrogens is 4. The maximum Gasteiger partial charge on any atom is 0.231 e. The molecule has 2 aromatic heterocycles. The molecule has 0 aliphatic carbocycles. The molecule has 2 N–H and O–H groups in total. The van der Waals surface area contributed by atoms with E-state index in [1.807, 2.05) is 9.95 Å². The fourth-order valence-electron chi connectivity index (χ4n) is 3.40. The fraction of sp³-hybridized carbons (Fsp3) is 0.250. The molecule has 11 heteroatoms. The van der Waals surface area contributed by atoms with Crippen LogP contribution in [0, 0.1) is 16.5 Å². The Labute approximate surface area is 186 Å². The number of carbonyl (C=O) groups is 2. The van der Waals surface area contributed by atoms with E-state index in [1.165, 1.54) is 28.4 Å². The number of rotatable bonds is 7. The number of hydrogen-bond donors (Lipinski definition) is 2. The molecule has 1 aliphatic heterocycles. The van der Waals surface area contributed by atoms with Crippen molar-refractivity contribution in [3.05, 3.63) is 64.4 Å². The lowest BCUT2D eigenvalue weighted by Gasteiger charge is -2.17. The number of halogens is 1. The molecule has 0 saturated carbocycles. The zero-order chi connectivity index (χ0) is 22.0. The molecule has 1 fully saturated rings. The second-order valence-corrected chi connectivity index (χ2v) is 8.26. The van der Waals surface area contributed by atoms with Gasteiger partial charge in [0.15, 0.2) is 9.90 Å². The van der Waals surface area contributed by atoms with Crippen LogP contribution in [-0.4, -0.2) is 38.1 Å². The quantitative estimate of drug-likeness (QED) is 0.418. The van der Waals surface area contributed by atoms with Crippen molar-refractivity contribution in [3.63, 3.8) is 0 Å². The predicted octanol–water partition coefficient (Wildman–Crippen LogP) is 3.30. The summed E-state index contributed by atoms with van der Waals surface area (Å²) in [7, 11) is 0. The van der Waals surface area contributed by atoms with Gasteiger partial charge in [-0.3, -0.25) is 19.3 Å². The number of hydrogen-bond acceptors (Lipinski definition) is 6. The molecule has 160 valence electrons. The Morgan fingerprint density at radius 2 is 2.26 bits per heavy atom. The average Bonchev–Trinajstić information content (AvgIpc) is 3.44. The molecule has 8 nitrogen and oxygen atoms in total. The lowest BCUT2D eigenvalue weighted by atomic mass is 10.1. The summed E-state index contributed by atoms with van der Waals surface area (Å²) in [5.41, 5.74) is 0.919. The minimum absolute atomic E-state index is 0.0227. The van der Waals surface area contributed by atoms with E-state index in [9.17, 15) is 14.0 Å². The van der Waals surface area contributed by atoms with Crippen LogP contribution in [0.25, 0.3) is 0 Å². The van der Waals surface area contributed by atoms with Crippen LogP contribution >= 0.6 is 23.6 Å². The first kappa shape index (κ1) is 21.1. The van der Waals surface area contributed by atoms with Gasteiger partial charge in [-0.15, -0.1) is 17.9 Å². The average molecular weight is 459 g/mol. The normalized spacial score (nSPS) is 16.0. The summed E-state index contributed by atoms with van der Waals surface area (Å²) < 4.78 is 16.4. The highest BCUT2D eigenvalue weighted by Crippen LogP contribution is 2.28. The van der Waals surface area contributed by atoms with E-state index in [4.69, 9.17) is 12.2 Å². The van der Waals surface area contributed by atoms with Crippen molar-refractivity contribution < 1.29 is 14.0 Å². The Morgan fingerprint density at radius 1 is 1.45 bits per heavy atom. The van der Waals surface area contributed by atoms with Crippen molar-refractivity contribution in [2.24, 2.45) is 5.92 Å². The zero-order valence-electron chi connectivity index (χ0n) is 16.4. The largest absolute Gasteiger partial charge is 0.309 e. The highest BCUT2D eigenvalue weighted by Gasteiger charge is 2.36. The highest BCUT2D eigenvalue weighted by atomic mass is 32.1. The second-order valence-electron chi connectivity index (χ2n) is 7.01. The van der Waals surface area contributed by atoms with Gasteiger partial charge in [-0.1, -0.05) is 18.2 Å². The number of nitrogens with zero attached hydrogens (tertiary/aromatic N) is 4. The minimum atomic E-state index is -0.580. The lowest BCUT2D eigenvalue weighted by Crippen LogP contribution is -2.28. The Bertz CT molecular complexity index is 1200. The Balaban J connectivity index is 1.41. The smallest absolute Gasteiger partial charge is 0.231 e. The van der Waals surface area contributed by atoms with Gasteiger partial charge in [-0.05, 0) is 24.4 Å². The number of benzene rings is 1. The highest BCUT2D eigenvalue weighted by molar-refractivity contribution is 7.71. The van der Waals surface area contributed by atoms with Gasteiger partial charge in [-0.2, -0.15) is 5.10 Å². The number of nitrogens with one attached hydrogen (secondary N) is 2. The molecule has 0 spiro atoms. The third-order valence-corrected chi connectivity index (χ3v) is 6.03. The molecule has 2 amide bonds. The number of para-hydroxylation sites is 1. The number of amides is 2. The Kier molecular flexibility index (Phi) is 6.05. The summed E-state index contributed by atoms with van der Waals surface area (Å²) >= 11 is 6.50. The molecule has 1 saturated heterocycles. The first-order valence-corrected chi connectivity index (χ1v) is 10.8. The van der Waals surface area contributed by atoms with Gasteiger partial charge in [0.25, 0.3) is 0 Å². The SMILES string of the molecule is C=CCn1c(Cc2csc(NC(=O)C3CC(=O)N(c4ccccc4F)C3)n2)n[nH]c1=S. The molecule has 31 heavy (non-hydrogen) atoms. The van der Waals surface area contributed by atoms with Crippen molar-refractivity contribution in [1.29, 1.82) is 0 Å². The maximum atomic E-state index is 14.0. The van der Waals surface area contributed by atoms with Crippen LogP contribution in [0.2, 0.25) is 0 Å². The molecule has 1 aliphatic rings. The van der Waals surface area contributed by atoms with Crippen molar-refractivity contribution in [2.75, 3.05) is 16.8 Å². The van der Waals surface area contributed by atoms with Gasteiger partial charge in [0.1, 0.15) is 11.6 Å². The summed E-state index contributed by atoms with van der Waals surface area (Å²) in [6.45, 7) is 4.38. The molecule has 1 atom stereocenters. The standard InChI is InChI=1S/C20H19FN6O2S2/c1-2-7-26-16(24-25-20(26)30)9-13-11-31-19(22-13)23-18(29)12-8-17(28)27(10-12)15-6-4-3-5-14(15)21/h2-6,11-12H,1,7-10H2,(H,25,30)(H,22,23,29). The Morgan fingerprint density at radius 3 is 3.03 bits per heavy atom. The van der Waals surface area contributed by atoms with Crippen molar-refractivity contribution in [1.82, 2.24) is 19.7 Å². The van der Waals surface area contributed by atoms with Crippen LogP contribution in [0.15, 0.2) is 42.3 Å². The van der Waals surface area contributed by atoms with Gasteiger partial charge < -0.3 is 10.2 Å². The maximum absolute atomic E-state index is 14.0. The number of carbonyl (C=O) groups excluding carboxylic acids is 2. The van der Waals surface area contributed by atoms with Crippen LogP contribution in [-0.2, 0) is 22.6 Å². The van der Waals surface area contributed by atoms with Crippen LogP contribution in [0.5, 0.6) is 0 Å². The molecular formula is C20H19FN6O2S2. The molecule has 1 aromatic carbocycles. The van der Waals surface area contributed by atoms with Crippen molar-refractivity contribution >= 4 is 46.2 Å². The zero-order valence-corrected chi connectivity index (χ0v) is 18.0. The van der Waals surface area contributed by atoms with E-state index in [2.05, 4.69) is 27.1 Å². The molecule has 4 rings (SSSR count). The number of allylic oxidation sites excluding steroid dienone is 1. The first-order valence-electron chi connectivity index (χ1n) is 9.51. The molecular weight excluding hydrogens is 439 g/mol. The number of aromatic amines is 1. The van der Waals surface area contributed by atoms with Gasteiger partial charge in [-0.25, -0.2) is 9.37 Å². The lowest BCUT2D eigenvalue weighted by molar-refractivity contribution is -0.122. The topological polar surface area (TPSA) is 95.9 Å². The molecule has 0 radical (unpaired) electrons. The van der Waals surface area contributed by atoms with Crippen LogP contribution in [0.4, 0.5) is 15.2 Å². The van der Waals surface area contributed by atoms with Crippen LogP contribution in [0.1, 0.15) is 17.9 Å². The molecule has 0 bridgehead atoms. The second kappa shape index (κ2) is 8.90. The van der Waals surface area contributed by atoms with Gasteiger partial charge in [0.2, 0.25) is 11.8 Å². The van der Waals surface area contributed by atoms with E-state index in [0.29, 0.717) is 22.9 Å². The van der Waals surface area contributed by atoms with E-state index in [0.717, 1.165) is 11.5 Å². The Hall–Kier alpha value is -3.18. The van der Waals surface area contributed by atoms with E-state index >= 15 is 0 Å². The van der Waals surface area contributed by atoms with Crippen molar-refractivity contribution in [3.8, 4) is 0 Å². The van der Waals surface area contributed by atoms with Gasteiger partial charge in [0.05, 0.1) is 23.7 Å². The fourth-order valence-corrected chi connectivity index (χ4v) is 4.34. The number of anilines is 2. The van der Waals surface area contributed by atoms with E-state index in [-0.39, 0.29) is 30.5 Å². The molecule has 1 unspecified atom stereocenters.